The van der Waals surface area contributed by atoms with E-state index < -0.39 is 0 Å². The summed E-state index contributed by atoms with van der Waals surface area (Å²) in [4.78, 5) is 11.7. The molecule has 0 heterocycles. The van der Waals surface area contributed by atoms with Crippen LogP contribution >= 0.6 is 23.8 Å². The number of rotatable bonds is 13. The topological polar surface area (TPSA) is 26.3 Å². The average molecular weight is 335 g/mol. The third-order valence-corrected chi connectivity index (χ3v) is 5.34. The minimum absolute atomic E-state index is 0.122. The first-order chi connectivity index (χ1) is 10.1. The number of unbranched alkanes of at least 4 members (excludes halogenated alkanes) is 6. The van der Waals surface area contributed by atoms with E-state index in [9.17, 15) is 4.79 Å². The molecule has 0 aromatic carbocycles. The third kappa shape index (κ3) is 14.9. The summed E-state index contributed by atoms with van der Waals surface area (Å²) in [6.45, 7) is 8.70. The second-order valence-electron chi connectivity index (χ2n) is 5.87. The molecule has 0 radical (unpaired) electrons. The van der Waals surface area contributed by atoms with Crippen LogP contribution in [0.3, 0.4) is 0 Å². The van der Waals surface area contributed by atoms with Crippen molar-refractivity contribution in [1.82, 2.24) is 0 Å². The Hall–Kier alpha value is 0.170. The first-order valence-corrected chi connectivity index (χ1v) is 10.3. The Balaban J connectivity index is 3.55. The van der Waals surface area contributed by atoms with E-state index in [0.717, 1.165) is 12.8 Å². The summed E-state index contributed by atoms with van der Waals surface area (Å²) in [6.07, 6.45) is 12.4. The molecule has 0 aromatic rings. The summed E-state index contributed by atoms with van der Waals surface area (Å²) in [6, 6.07) is 0. The minimum atomic E-state index is -0.122. The molecule has 0 aliphatic rings. The van der Waals surface area contributed by atoms with Gasteiger partial charge in [-0.15, -0.1) is 0 Å². The lowest BCUT2D eigenvalue weighted by atomic mass is 10.1. The van der Waals surface area contributed by atoms with Crippen molar-refractivity contribution in [1.29, 1.82) is 0 Å². The van der Waals surface area contributed by atoms with E-state index in [1.807, 2.05) is 0 Å². The second-order valence-corrected chi connectivity index (χ2v) is 8.40. The molecule has 0 aliphatic heterocycles. The highest BCUT2D eigenvalue weighted by Gasteiger charge is 2.13. The summed E-state index contributed by atoms with van der Waals surface area (Å²) in [7, 11) is 0. The van der Waals surface area contributed by atoms with Crippen molar-refractivity contribution in [2.45, 2.75) is 102 Å². The largest absolute Gasteiger partial charge is 0.383 e. The Morgan fingerprint density at radius 3 is 1.90 bits per heavy atom. The van der Waals surface area contributed by atoms with E-state index in [-0.39, 0.29) is 5.30 Å². The van der Waals surface area contributed by atoms with Gasteiger partial charge < -0.3 is 4.18 Å². The molecule has 0 rings (SSSR count). The highest BCUT2D eigenvalue weighted by atomic mass is 32.2. The van der Waals surface area contributed by atoms with E-state index in [1.165, 1.54) is 75.2 Å². The Labute approximate surface area is 140 Å². The van der Waals surface area contributed by atoms with Crippen LogP contribution in [0.5, 0.6) is 0 Å². The quantitative estimate of drug-likeness (QED) is 0.262. The molecular weight excluding hydrogens is 300 g/mol. The Morgan fingerprint density at radius 2 is 1.38 bits per heavy atom. The Morgan fingerprint density at radius 1 is 0.857 bits per heavy atom. The van der Waals surface area contributed by atoms with Gasteiger partial charge in [-0.25, -0.2) is 4.79 Å². The monoisotopic (exact) mass is 334 g/mol. The lowest BCUT2D eigenvalue weighted by Gasteiger charge is -2.12. The van der Waals surface area contributed by atoms with Crippen LogP contribution in [0.2, 0.25) is 0 Å². The van der Waals surface area contributed by atoms with Crippen molar-refractivity contribution in [2.75, 3.05) is 0 Å². The fourth-order valence-corrected chi connectivity index (χ4v) is 3.52. The standard InChI is InChI=1S/C17H34O2S2/c1-5-7-9-11-13-15(3)20-17(18)19-21-16(4)14-12-10-8-6-2/h15-16H,5-14H2,1-4H3. The van der Waals surface area contributed by atoms with Crippen LogP contribution in [-0.2, 0) is 4.18 Å². The van der Waals surface area contributed by atoms with Crippen molar-refractivity contribution >= 4 is 29.1 Å². The molecule has 0 bridgehead atoms. The second kappa shape index (κ2) is 15.1. The number of carbonyl (C=O) groups is 1. The van der Waals surface area contributed by atoms with E-state index in [0.29, 0.717) is 10.5 Å². The molecule has 0 aliphatic carbocycles. The van der Waals surface area contributed by atoms with Gasteiger partial charge in [-0.2, -0.15) is 0 Å². The van der Waals surface area contributed by atoms with Crippen LogP contribution in [0.25, 0.3) is 0 Å². The molecule has 126 valence electrons. The number of thioether (sulfide) groups is 1. The predicted molar refractivity (Wildman–Crippen MR) is 98.1 cm³/mol. The fourth-order valence-electron chi connectivity index (χ4n) is 2.13. The van der Waals surface area contributed by atoms with Crippen molar-refractivity contribution in [3.63, 3.8) is 0 Å². The molecule has 2 atom stereocenters. The molecule has 4 heteroatoms. The summed E-state index contributed by atoms with van der Waals surface area (Å²) in [5.74, 6) is 0. The van der Waals surface area contributed by atoms with Gasteiger partial charge in [0.25, 0.3) is 0 Å². The zero-order valence-electron chi connectivity index (χ0n) is 14.4. The van der Waals surface area contributed by atoms with E-state index in [2.05, 4.69) is 27.7 Å². The van der Waals surface area contributed by atoms with Gasteiger partial charge in [0.15, 0.2) is 0 Å². The van der Waals surface area contributed by atoms with Crippen molar-refractivity contribution in [2.24, 2.45) is 0 Å². The normalized spacial score (nSPS) is 13.9. The van der Waals surface area contributed by atoms with Gasteiger partial charge in [0.2, 0.25) is 0 Å². The van der Waals surface area contributed by atoms with Crippen LogP contribution < -0.4 is 0 Å². The molecule has 0 amide bonds. The van der Waals surface area contributed by atoms with Gasteiger partial charge in [0, 0.05) is 10.5 Å². The lowest BCUT2D eigenvalue weighted by molar-refractivity contribution is 0.233. The highest BCUT2D eigenvalue weighted by molar-refractivity contribution is 8.14. The van der Waals surface area contributed by atoms with Crippen LogP contribution in [-0.4, -0.2) is 15.8 Å². The van der Waals surface area contributed by atoms with Gasteiger partial charge in [-0.05, 0) is 24.6 Å². The first-order valence-electron chi connectivity index (χ1n) is 8.64. The number of hydrogen-bond acceptors (Lipinski definition) is 4. The number of hydrogen-bond donors (Lipinski definition) is 0. The molecule has 2 nitrogen and oxygen atoms in total. The summed E-state index contributed by atoms with van der Waals surface area (Å²) in [5, 5.41) is 0.657. The van der Waals surface area contributed by atoms with E-state index in [4.69, 9.17) is 4.18 Å². The van der Waals surface area contributed by atoms with Gasteiger partial charge in [-0.3, -0.25) is 0 Å². The molecule has 0 saturated heterocycles. The van der Waals surface area contributed by atoms with Crippen LogP contribution in [0.15, 0.2) is 0 Å². The molecule has 0 saturated carbocycles. The summed E-state index contributed by atoms with van der Waals surface area (Å²) < 4.78 is 5.30. The van der Waals surface area contributed by atoms with Crippen molar-refractivity contribution in [3.8, 4) is 0 Å². The smallest absolute Gasteiger partial charge is 0.379 e. The molecule has 2 unspecified atom stereocenters. The maximum Gasteiger partial charge on any atom is 0.379 e. The molecule has 0 spiro atoms. The molecule has 0 N–H and O–H groups in total. The van der Waals surface area contributed by atoms with E-state index in [1.54, 1.807) is 0 Å². The Bertz CT molecular complexity index is 247. The average Bonchev–Trinajstić information content (AvgIpc) is 2.46. The summed E-state index contributed by atoms with van der Waals surface area (Å²) >= 11 is 2.70. The maximum absolute atomic E-state index is 11.7. The molecule has 0 aromatic heterocycles. The zero-order chi connectivity index (χ0) is 15.9. The van der Waals surface area contributed by atoms with E-state index >= 15 is 0 Å². The molecule has 21 heavy (non-hydrogen) atoms. The minimum Gasteiger partial charge on any atom is -0.383 e. The molecule has 0 fully saturated rings. The maximum atomic E-state index is 11.7. The third-order valence-electron chi connectivity index (χ3n) is 3.51. The van der Waals surface area contributed by atoms with Crippen molar-refractivity contribution in [3.05, 3.63) is 0 Å². The Kier molecular flexibility index (Phi) is 15.2. The lowest BCUT2D eigenvalue weighted by Crippen LogP contribution is -2.04. The zero-order valence-corrected chi connectivity index (χ0v) is 16.0. The van der Waals surface area contributed by atoms with Crippen LogP contribution in [0.4, 0.5) is 4.79 Å². The fraction of sp³-hybridized carbons (Fsp3) is 0.941. The number of carbonyl (C=O) groups excluding carboxylic acids is 1. The van der Waals surface area contributed by atoms with Crippen LogP contribution in [0.1, 0.15) is 91.9 Å². The SMILES string of the molecule is CCCCCCC(C)SOC(=O)SC(C)CCCCCC. The van der Waals surface area contributed by atoms with Gasteiger partial charge in [0.05, 0.1) is 12.0 Å². The van der Waals surface area contributed by atoms with Crippen molar-refractivity contribution < 1.29 is 8.98 Å². The highest BCUT2D eigenvalue weighted by Crippen LogP contribution is 2.25. The summed E-state index contributed by atoms with van der Waals surface area (Å²) in [5.41, 5.74) is 0. The predicted octanol–water partition coefficient (Wildman–Crippen LogP) is 7.22. The van der Waals surface area contributed by atoms with Gasteiger partial charge in [0.1, 0.15) is 0 Å². The van der Waals surface area contributed by atoms with Gasteiger partial charge >= 0.3 is 5.30 Å². The van der Waals surface area contributed by atoms with Gasteiger partial charge in [-0.1, -0.05) is 79.1 Å². The van der Waals surface area contributed by atoms with Crippen LogP contribution in [0, 0.1) is 0 Å². The first kappa shape index (κ1) is 21.2. The molecular formula is C17H34O2S2.